The van der Waals surface area contributed by atoms with Gasteiger partial charge in [0, 0.05) is 23.6 Å². The first-order valence-corrected chi connectivity index (χ1v) is 6.71. The van der Waals surface area contributed by atoms with E-state index in [0.717, 1.165) is 30.0 Å². The van der Waals surface area contributed by atoms with E-state index in [9.17, 15) is 0 Å². The Balaban J connectivity index is 2.00. The Morgan fingerprint density at radius 2 is 2.11 bits per heavy atom. The van der Waals surface area contributed by atoms with E-state index in [-0.39, 0.29) is 0 Å². The summed E-state index contributed by atoms with van der Waals surface area (Å²) in [6, 6.07) is 5.52. The monoisotopic (exact) mass is 298 g/mol. The Labute approximate surface area is 122 Å². The molecule has 0 spiro atoms. The van der Waals surface area contributed by atoms with Crippen LogP contribution in [0.2, 0.25) is 10.0 Å². The molecule has 0 saturated carbocycles. The number of hydrogen-bond donors (Lipinski definition) is 2. The summed E-state index contributed by atoms with van der Waals surface area (Å²) in [4.78, 5) is 0. The van der Waals surface area contributed by atoms with Gasteiger partial charge in [-0.2, -0.15) is 5.10 Å². The highest BCUT2D eigenvalue weighted by atomic mass is 35.5. The van der Waals surface area contributed by atoms with Gasteiger partial charge in [-0.3, -0.25) is 4.68 Å². The average molecular weight is 299 g/mol. The molecule has 1 aromatic heterocycles. The Kier molecular flexibility index (Phi) is 4.22. The lowest BCUT2D eigenvalue weighted by molar-refractivity contribution is 0.757. The van der Waals surface area contributed by atoms with Gasteiger partial charge >= 0.3 is 0 Å². The van der Waals surface area contributed by atoms with E-state index in [2.05, 4.69) is 10.4 Å². The molecule has 0 aliphatic rings. The standard InChI is InChI=1S/C13H16Cl2N4/c1-8-12(16)13(19(2)18-8)17-6-5-9-3-4-10(14)7-11(9)15/h3-4,7,17H,5-6,16H2,1-2H3. The Morgan fingerprint density at radius 3 is 2.68 bits per heavy atom. The predicted octanol–water partition coefficient (Wildman–Crippen LogP) is 3.27. The maximum Gasteiger partial charge on any atom is 0.147 e. The van der Waals surface area contributed by atoms with Crippen molar-refractivity contribution in [2.24, 2.45) is 7.05 Å². The van der Waals surface area contributed by atoms with Gasteiger partial charge in [-0.25, -0.2) is 0 Å². The molecule has 3 N–H and O–H groups in total. The maximum absolute atomic E-state index is 6.12. The van der Waals surface area contributed by atoms with Crippen molar-refractivity contribution in [1.82, 2.24) is 9.78 Å². The molecule has 0 bridgehead atoms. The minimum atomic E-state index is 0.646. The summed E-state index contributed by atoms with van der Waals surface area (Å²) in [6.45, 7) is 2.61. The first kappa shape index (κ1) is 14.0. The van der Waals surface area contributed by atoms with Crippen LogP contribution in [0.25, 0.3) is 0 Å². The van der Waals surface area contributed by atoms with Crippen molar-refractivity contribution in [1.29, 1.82) is 0 Å². The molecule has 4 nitrogen and oxygen atoms in total. The third-order valence-electron chi connectivity index (χ3n) is 2.97. The van der Waals surface area contributed by atoms with E-state index in [1.165, 1.54) is 0 Å². The summed E-state index contributed by atoms with van der Waals surface area (Å²) in [7, 11) is 1.86. The van der Waals surface area contributed by atoms with Crippen LogP contribution >= 0.6 is 23.2 Å². The van der Waals surface area contributed by atoms with Gasteiger partial charge in [-0.1, -0.05) is 29.3 Å². The summed E-state index contributed by atoms with van der Waals surface area (Å²) >= 11 is 12.0. The number of halogens is 2. The number of nitrogen functional groups attached to an aromatic ring is 1. The molecule has 0 saturated heterocycles. The van der Waals surface area contributed by atoms with Crippen molar-refractivity contribution in [3.63, 3.8) is 0 Å². The fourth-order valence-corrected chi connectivity index (χ4v) is 2.43. The lowest BCUT2D eigenvalue weighted by Gasteiger charge is -2.09. The molecule has 102 valence electrons. The van der Waals surface area contributed by atoms with Crippen molar-refractivity contribution in [3.8, 4) is 0 Å². The van der Waals surface area contributed by atoms with Crippen LogP contribution in [0.4, 0.5) is 11.5 Å². The zero-order valence-electron chi connectivity index (χ0n) is 10.9. The van der Waals surface area contributed by atoms with E-state index in [1.807, 2.05) is 26.1 Å². The van der Waals surface area contributed by atoms with Crippen molar-refractivity contribution in [2.45, 2.75) is 13.3 Å². The third kappa shape index (κ3) is 3.14. The van der Waals surface area contributed by atoms with Crippen molar-refractivity contribution in [3.05, 3.63) is 39.5 Å². The van der Waals surface area contributed by atoms with Crippen LogP contribution in [0.15, 0.2) is 18.2 Å². The van der Waals surface area contributed by atoms with Gasteiger partial charge < -0.3 is 11.1 Å². The number of aryl methyl sites for hydroxylation is 2. The number of nitrogens with two attached hydrogens (primary N) is 1. The number of rotatable bonds is 4. The topological polar surface area (TPSA) is 55.9 Å². The molecule has 0 radical (unpaired) electrons. The highest BCUT2D eigenvalue weighted by Gasteiger charge is 2.09. The zero-order chi connectivity index (χ0) is 14.0. The van der Waals surface area contributed by atoms with Crippen molar-refractivity contribution in [2.75, 3.05) is 17.6 Å². The Morgan fingerprint density at radius 1 is 1.37 bits per heavy atom. The molecular formula is C13H16Cl2N4. The molecule has 0 fully saturated rings. The quantitative estimate of drug-likeness (QED) is 0.911. The van der Waals surface area contributed by atoms with Crippen LogP contribution in [-0.2, 0) is 13.5 Å². The maximum atomic E-state index is 6.12. The second-order valence-corrected chi connectivity index (χ2v) is 5.23. The van der Waals surface area contributed by atoms with E-state index >= 15 is 0 Å². The minimum absolute atomic E-state index is 0.646. The fraction of sp³-hybridized carbons (Fsp3) is 0.308. The molecule has 2 aromatic rings. The molecule has 0 atom stereocenters. The van der Waals surface area contributed by atoms with Crippen LogP contribution in [0.1, 0.15) is 11.3 Å². The normalized spacial score (nSPS) is 10.7. The predicted molar refractivity (Wildman–Crippen MR) is 81.0 cm³/mol. The largest absolute Gasteiger partial charge is 0.394 e. The summed E-state index contributed by atoms with van der Waals surface area (Å²) in [5.41, 5.74) is 8.51. The molecule has 1 aromatic carbocycles. The smallest absolute Gasteiger partial charge is 0.147 e. The molecule has 2 rings (SSSR count). The number of hydrogen-bond acceptors (Lipinski definition) is 3. The first-order valence-electron chi connectivity index (χ1n) is 5.96. The molecule has 1 heterocycles. The Hall–Kier alpha value is -1.39. The van der Waals surface area contributed by atoms with Gasteiger partial charge in [0.05, 0.1) is 11.4 Å². The average Bonchev–Trinajstić information content (AvgIpc) is 2.58. The van der Waals surface area contributed by atoms with Gasteiger partial charge in [-0.05, 0) is 31.0 Å². The summed E-state index contributed by atoms with van der Waals surface area (Å²) in [5.74, 6) is 0.836. The molecule has 0 aliphatic heterocycles. The van der Waals surface area contributed by atoms with Crippen molar-refractivity contribution < 1.29 is 0 Å². The molecule has 6 heteroatoms. The van der Waals surface area contributed by atoms with E-state index in [4.69, 9.17) is 28.9 Å². The van der Waals surface area contributed by atoms with Gasteiger partial charge in [0.2, 0.25) is 0 Å². The number of aromatic nitrogens is 2. The SMILES string of the molecule is Cc1nn(C)c(NCCc2ccc(Cl)cc2Cl)c1N. The second kappa shape index (κ2) is 5.72. The number of nitrogens with one attached hydrogen (secondary N) is 1. The number of benzene rings is 1. The summed E-state index contributed by atoms with van der Waals surface area (Å²) < 4.78 is 1.74. The van der Waals surface area contributed by atoms with E-state index < -0.39 is 0 Å². The second-order valence-electron chi connectivity index (χ2n) is 4.38. The molecule has 0 amide bonds. The van der Waals surface area contributed by atoms with Gasteiger partial charge in [0.15, 0.2) is 0 Å². The zero-order valence-corrected chi connectivity index (χ0v) is 12.4. The van der Waals surface area contributed by atoms with Crippen LogP contribution in [0.3, 0.4) is 0 Å². The summed E-state index contributed by atoms with van der Waals surface area (Å²) in [5, 5.41) is 8.86. The summed E-state index contributed by atoms with van der Waals surface area (Å²) in [6.07, 6.45) is 0.791. The lowest BCUT2D eigenvalue weighted by Crippen LogP contribution is -2.10. The third-order valence-corrected chi connectivity index (χ3v) is 3.56. The van der Waals surface area contributed by atoms with E-state index in [0.29, 0.717) is 15.7 Å². The minimum Gasteiger partial charge on any atom is -0.394 e. The van der Waals surface area contributed by atoms with Crippen molar-refractivity contribution >= 4 is 34.7 Å². The highest BCUT2D eigenvalue weighted by molar-refractivity contribution is 6.35. The van der Waals surface area contributed by atoms with Crippen LogP contribution in [0, 0.1) is 6.92 Å². The van der Waals surface area contributed by atoms with Gasteiger partial charge in [0.1, 0.15) is 5.82 Å². The van der Waals surface area contributed by atoms with Gasteiger partial charge in [-0.15, -0.1) is 0 Å². The van der Waals surface area contributed by atoms with E-state index in [1.54, 1.807) is 10.7 Å². The highest BCUT2D eigenvalue weighted by Crippen LogP contribution is 2.23. The Bertz CT molecular complexity index is 593. The first-order chi connectivity index (χ1) is 8.99. The molecule has 19 heavy (non-hydrogen) atoms. The lowest BCUT2D eigenvalue weighted by atomic mass is 10.1. The fourth-order valence-electron chi connectivity index (χ4n) is 1.92. The van der Waals surface area contributed by atoms with Gasteiger partial charge in [0.25, 0.3) is 0 Å². The molecule has 0 unspecified atom stereocenters. The van der Waals surface area contributed by atoms with Crippen LogP contribution in [0.5, 0.6) is 0 Å². The number of anilines is 2. The molecule has 0 aliphatic carbocycles. The van der Waals surface area contributed by atoms with Crippen LogP contribution in [-0.4, -0.2) is 16.3 Å². The number of nitrogens with zero attached hydrogens (tertiary/aromatic N) is 2. The molecular weight excluding hydrogens is 283 g/mol. The van der Waals surface area contributed by atoms with Crippen LogP contribution < -0.4 is 11.1 Å².